The van der Waals surface area contributed by atoms with Crippen molar-refractivity contribution in [3.63, 3.8) is 0 Å². The minimum Gasteiger partial charge on any atom is -0.355 e. The molecular weight excluding hydrogens is 340 g/mol. The molecule has 1 atom stereocenters. The van der Waals surface area contributed by atoms with Crippen molar-refractivity contribution < 1.29 is 13.2 Å². The van der Waals surface area contributed by atoms with Crippen LogP contribution in [0, 0.1) is 11.8 Å². The molecular formula is C17H28N4O3S. The van der Waals surface area contributed by atoms with Gasteiger partial charge >= 0.3 is 0 Å². The molecule has 1 aliphatic heterocycles. The van der Waals surface area contributed by atoms with Crippen molar-refractivity contribution in [2.45, 2.75) is 32.6 Å². The summed E-state index contributed by atoms with van der Waals surface area (Å²) in [4.78, 5) is 16.6. The van der Waals surface area contributed by atoms with Gasteiger partial charge in [0.1, 0.15) is 0 Å². The summed E-state index contributed by atoms with van der Waals surface area (Å²) in [6.07, 6.45) is 4.68. The maximum absolute atomic E-state index is 12.5. The first-order valence-corrected chi connectivity index (χ1v) is 10.2. The fourth-order valence-corrected chi connectivity index (χ4v) is 4.13. The largest absolute Gasteiger partial charge is 0.355 e. The van der Waals surface area contributed by atoms with E-state index >= 15 is 0 Å². The van der Waals surface area contributed by atoms with Gasteiger partial charge in [-0.25, -0.2) is 4.72 Å². The maximum atomic E-state index is 12.5. The lowest BCUT2D eigenvalue weighted by molar-refractivity contribution is -0.126. The summed E-state index contributed by atoms with van der Waals surface area (Å²) in [5.74, 6) is 0.468. The van der Waals surface area contributed by atoms with Gasteiger partial charge in [0.05, 0.1) is 0 Å². The molecule has 1 aliphatic rings. The van der Waals surface area contributed by atoms with Crippen molar-refractivity contribution in [3.8, 4) is 0 Å². The second-order valence-electron chi connectivity index (χ2n) is 6.76. The summed E-state index contributed by atoms with van der Waals surface area (Å²) in [6.45, 7) is 5.57. The molecule has 0 bridgehead atoms. The summed E-state index contributed by atoms with van der Waals surface area (Å²) < 4.78 is 27.3. The lowest BCUT2D eigenvalue weighted by Crippen LogP contribution is -2.46. The molecule has 1 fully saturated rings. The first-order valence-electron chi connectivity index (χ1n) is 8.71. The third kappa shape index (κ3) is 5.23. The molecule has 0 radical (unpaired) electrons. The number of hydrogen-bond donors (Lipinski definition) is 2. The zero-order chi connectivity index (χ0) is 18.4. The van der Waals surface area contributed by atoms with Crippen LogP contribution in [0.25, 0.3) is 0 Å². The molecule has 1 aromatic heterocycles. The van der Waals surface area contributed by atoms with Crippen molar-refractivity contribution in [3.05, 3.63) is 30.1 Å². The van der Waals surface area contributed by atoms with Crippen molar-refractivity contribution in [1.29, 1.82) is 0 Å². The Kier molecular flexibility index (Phi) is 6.92. The summed E-state index contributed by atoms with van der Waals surface area (Å²) in [6, 6.07) is 3.94. The quantitative estimate of drug-likeness (QED) is 0.754. The summed E-state index contributed by atoms with van der Waals surface area (Å²) in [5, 5.41) is 3.05. The van der Waals surface area contributed by atoms with Gasteiger partial charge in [-0.15, -0.1) is 0 Å². The van der Waals surface area contributed by atoms with E-state index in [0.717, 1.165) is 5.56 Å². The standard InChI is InChI=1S/C17H28N4O3S/c1-13(2)16(15-5-4-8-19-11-15)12-20-17(22)14-6-9-21(10-7-14)25(23,24)18-3/h4-5,8,11,13-14,16,18H,6-7,9-10,12H2,1-3H3,(H,20,22)/t16-/m0/s1. The number of pyridine rings is 1. The van der Waals surface area contributed by atoms with Crippen LogP contribution in [0.1, 0.15) is 38.2 Å². The number of nitrogens with one attached hydrogen (secondary N) is 2. The molecule has 1 aromatic rings. The van der Waals surface area contributed by atoms with Crippen LogP contribution in [-0.4, -0.2) is 50.3 Å². The average Bonchev–Trinajstić information content (AvgIpc) is 2.62. The lowest BCUT2D eigenvalue weighted by atomic mass is 9.89. The van der Waals surface area contributed by atoms with E-state index in [4.69, 9.17) is 0 Å². The molecule has 1 saturated heterocycles. The SMILES string of the molecule is CNS(=O)(=O)N1CCC(C(=O)NC[C@H](c2cccnc2)C(C)C)CC1. The third-order valence-corrected chi connectivity index (χ3v) is 6.40. The Balaban J connectivity index is 1.88. The number of nitrogens with zero attached hydrogens (tertiary/aromatic N) is 2. The number of rotatable bonds is 7. The van der Waals surface area contributed by atoms with Gasteiger partial charge in [-0.3, -0.25) is 9.78 Å². The van der Waals surface area contributed by atoms with E-state index in [2.05, 4.69) is 28.9 Å². The third-order valence-electron chi connectivity index (χ3n) is 4.84. The smallest absolute Gasteiger partial charge is 0.279 e. The minimum atomic E-state index is -3.40. The Morgan fingerprint density at radius 2 is 2.04 bits per heavy atom. The number of amides is 1. The van der Waals surface area contributed by atoms with Crippen LogP contribution in [0.4, 0.5) is 0 Å². The van der Waals surface area contributed by atoms with Crippen molar-refractivity contribution >= 4 is 16.1 Å². The predicted molar refractivity (Wildman–Crippen MR) is 97.1 cm³/mol. The normalized spacial score (nSPS) is 18.2. The molecule has 0 aliphatic carbocycles. The predicted octanol–water partition coefficient (Wildman–Crippen LogP) is 1.11. The van der Waals surface area contributed by atoms with Crippen LogP contribution in [0.15, 0.2) is 24.5 Å². The van der Waals surface area contributed by atoms with Gasteiger partial charge < -0.3 is 5.32 Å². The highest BCUT2D eigenvalue weighted by Crippen LogP contribution is 2.24. The van der Waals surface area contributed by atoms with Crippen LogP contribution in [0.3, 0.4) is 0 Å². The molecule has 2 heterocycles. The van der Waals surface area contributed by atoms with E-state index in [-0.39, 0.29) is 17.7 Å². The molecule has 2 N–H and O–H groups in total. The van der Waals surface area contributed by atoms with E-state index in [1.807, 2.05) is 18.3 Å². The van der Waals surface area contributed by atoms with E-state index in [1.165, 1.54) is 11.4 Å². The number of carbonyl (C=O) groups excluding carboxylic acids is 1. The summed E-state index contributed by atoms with van der Waals surface area (Å²) in [7, 11) is -2.00. The van der Waals surface area contributed by atoms with Gasteiger partial charge in [-0.1, -0.05) is 19.9 Å². The van der Waals surface area contributed by atoms with E-state index in [1.54, 1.807) is 6.20 Å². The van der Waals surface area contributed by atoms with E-state index in [0.29, 0.717) is 38.4 Å². The second-order valence-corrected chi connectivity index (χ2v) is 8.64. The number of carbonyl (C=O) groups is 1. The lowest BCUT2D eigenvalue weighted by Gasteiger charge is -2.30. The van der Waals surface area contributed by atoms with E-state index in [9.17, 15) is 13.2 Å². The van der Waals surface area contributed by atoms with Gasteiger partial charge in [-0.05, 0) is 30.4 Å². The van der Waals surface area contributed by atoms with Crippen molar-refractivity contribution in [2.75, 3.05) is 26.7 Å². The molecule has 0 aromatic carbocycles. The minimum absolute atomic E-state index is 0.0102. The van der Waals surface area contributed by atoms with Crippen LogP contribution in [0.5, 0.6) is 0 Å². The number of piperidine rings is 1. The molecule has 0 unspecified atom stereocenters. The van der Waals surface area contributed by atoms with Crippen molar-refractivity contribution in [2.24, 2.45) is 11.8 Å². The molecule has 2 rings (SSSR count). The van der Waals surface area contributed by atoms with Crippen LogP contribution in [-0.2, 0) is 15.0 Å². The molecule has 140 valence electrons. The Hall–Kier alpha value is -1.51. The molecule has 1 amide bonds. The Morgan fingerprint density at radius 3 is 2.56 bits per heavy atom. The van der Waals surface area contributed by atoms with Gasteiger partial charge in [0.25, 0.3) is 10.2 Å². The second kappa shape index (κ2) is 8.73. The Bertz CT molecular complexity index is 656. The number of aromatic nitrogens is 1. The molecule has 7 nitrogen and oxygen atoms in total. The van der Waals surface area contributed by atoms with Gasteiger partial charge in [0.15, 0.2) is 0 Å². The highest BCUT2D eigenvalue weighted by molar-refractivity contribution is 7.87. The topological polar surface area (TPSA) is 91.4 Å². The zero-order valence-corrected chi connectivity index (χ0v) is 15.9. The first-order chi connectivity index (χ1) is 11.8. The van der Waals surface area contributed by atoms with Crippen LogP contribution >= 0.6 is 0 Å². The average molecular weight is 369 g/mol. The molecule has 0 saturated carbocycles. The molecule has 8 heteroatoms. The molecule has 25 heavy (non-hydrogen) atoms. The zero-order valence-electron chi connectivity index (χ0n) is 15.1. The summed E-state index contributed by atoms with van der Waals surface area (Å²) >= 11 is 0. The summed E-state index contributed by atoms with van der Waals surface area (Å²) in [5.41, 5.74) is 1.12. The Morgan fingerprint density at radius 1 is 1.36 bits per heavy atom. The maximum Gasteiger partial charge on any atom is 0.279 e. The van der Waals surface area contributed by atoms with Gasteiger partial charge in [-0.2, -0.15) is 12.7 Å². The van der Waals surface area contributed by atoms with Crippen LogP contribution < -0.4 is 10.0 Å². The van der Waals surface area contributed by atoms with E-state index < -0.39 is 10.2 Å². The highest BCUT2D eigenvalue weighted by Gasteiger charge is 2.30. The van der Waals surface area contributed by atoms with Gasteiger partial charge in [0, 0.05) is 50.9 Å². The monoisotopic (exact) mass is 368 g/mol. The number of hydrogen-bond acceptors (Lipinski definition) is 4. The highest BCUT2D eigenvalue weighted by atomic mass is 32.2. The fraction of sp³-hybridized carbons (Fsp3) is 0.647. The Labute approximate surface area is 150 Å². The first kappa shape index (κ1) is 19.8. The fourth-order valence-electron chi connectivity index (χ4n) is 3.18. The van der Waals surface area contributed by atoms with Gasteiger partial charge in [0.2, 0.25) is 5.91 Å². The van der Waals surface area contributed by atoms with Crippen LogP contribution in [0.2, 0.25) is 0 Å². The van der Waals surface area contributed by atoms with Crippen molar-refractivity contribution in [1.82, 2.24) is 19.3 Å². The molecule has 0 spiro atoms.